The number of nitrogens with one attached hydrogen (secondary N) is 1. The molecule has 2 N–H and O–H groups in total. The Morgan fingerprint density at radius 2 is 1.75 bits per heavy atom. The lowest BCUT2D eigenvalue weighted by Gasteiger charge is -2.29. The van der Waals surface area contributed by atoms with Crippen LogP contribution in [0.4, 0.5) is 0 Å². The first kappa shape index (κ1) is 13.6. The second kappa shape index (κ2) is 5.96. The Hall–Kier alpha value is -1.35. The van der Waals surface area contributed by atoms with E-state index in [2.05, 4.69) is 29.6 Å². The number of aliphatic hydroxyl groups is 1. The molecule has 3 rings (SSSR count). The third-order valence-corrected chi connectivity index (χ3v) is 4.76. The van der Waals surface area contributed by atoms with Crippen LogP contribution in [0.3, 0.4) is 0 Å². The van der Waals surface area contributed by atoms with Crippen molar-refractivity contribution in [2.75, 3.05) is 0 Å². The standard InChI is InChI=1S/C17H23NO2/c19-16-9-7-15(8-10-16)18-17(20)14-6-5-12-3-1-2-4-13(12)11-14/h1-4,14-16,19H,5-11H2,(H,18,20). The quantitative estimate of drug-likeness (QED) is 0.868. The van der Waals surface area contributed by atoms with Gasteiger partial charge < -0.3 is 10.4 Å². The van der Waals surface area contributed by atoms with Gasteiger partial charge in [0, 0.05) is 12.0 Å². The average Bonchev–Trinajstić information content (AvgIpc) is 2.49. The molecule has 2 aliphatic carbocycles. The summed E-state index contributed by atoms with van der Waals surface area (Å²) in [5, 5.41) is 12.7. The summed E-state index contributed by atoms with van der Waals surface area (Å²) in [7, 11) is 0. The van der Waals surface area contributed by atoms with E-state index < -0.39 is 0 Å². The maximum atomic E-state index is 12.4. The van der Waals surface area contributed by atoms with E-state index in [1.807, 2.05) is 0 Å². The van der Waals surface area contributed by atoms with Crippen molar-refractivity contribution in [2.45, 2.75) is 57.1 Å². The van der Waals surface area contributed by atoms with Gasteiger partial charge in [0.2, 0.25) is 5.91 Å². The summed E-state index contributed by atoms with van der Waals surface area (Å²) in [6.45, 7) is 0. The fourth-order valence-electron chi connectivity index (χ4n) is 3.46. The van der Waals surface area contributed by atoms with Crippen molar-refractivity contribution in [3.8, 4) is 0 Å². The van der Waals surface area contributed by atoms with E-state index in [0.29, 0.717) is 0 Å². The van der Waals surface area contributed by atoms with Crippen molar-refractivity contribution in [3.05, 3.63) is 35.4 Å². The molecular weight excluding hydrogens is 250 g/mol. The lowest BCUT2D eigenvalue weighted by molar-refractivity contribution is -0.126. The predicted molar refractivity (Wildman–Crippen MR) is 78.4 cm³/mol. The summed E-state index contributed by atoms with van der Waals surface area (Å²) in [6.07, 6.45) is 6.14. The monoisotopic (exact) mass is 273 g/mol. The number of hydrogen-bond acceptors (Lipinski definition) is 2. The molecule has 0 spiro atoms. The fraction of sp³-hybridized carbons (Fsp3) is 0.588. The first-order chi connectivity index (χ1) is 9.72. The zero-order chi connectivity index (χ0) is 13.9. The highest BCUT2D eigenvalue weighted by molar-refractivity contribution is 5.79. The van der Waals surface area contributed by atoms with Crippen LogP contribution in [0.2, 0.25) is 0 Å². The maximum Gasteiger partial charge on any atom is 0.223 e. The second-order valence-electron chi connectivity index (χ2n) is 6.22. The number of benzene rings is 1. The van der Waals surface area contributed by atoms with E-state index in [-0.39, 0.29) is 24.0 Å². The molecule has 1 saturated carbocycles. The zero-order valence-corrected chi connectivity index (χ0v) is 11.8. The highest BCUT2D eigenvalue weighted by atomic mass is 16.3. The summed E-state index contributed by atoms with van der Waals surface area (Å²) >= 11 is 0. The molecule has 3 nitrogen and oxygen atoms in total. The Bertz CT molecular complexity index is 478. The van der Waals surface area contributed by atoms with Gasteiger partial charge in [-0.2, -0.15) is 0 Å². The van der Waals surface area contributed by atoms with Crippen molar-refractivity contribution >= 4 is 5.91 Å². The van der Waals surface area contributed by atoms with Gasteiger partial charge >= 0.3 is 0 Å². The molecule has 0 aromatic heterocycles. The molecule has 0 heterocycles. The van der Waals surface area contributed by atoms with Crippen molar-refractivity contribution in [1.29, 1.82) is 0 Å². The van der Waals surface area contributed by atoms with E-state index in [0.717, 1.165) is 44.9 Å². The van der Waals surface area contributed by atoms with E-state index in [1.54, 1.807) is 0 Å². The summed E-state index contributed by atoms with van der Waals surface area (Å²) in [6, 6.07) is 8.72. The third-order valence-electron chi connectivity index (χ3n) is 4.76. The van der Waals surface area contributed by atoms with Crippen LogP contribution in [0.1, 0.15) is 43.2 Å². The minimum atomic E-state index is -0.162. The number of carbonyl (C=O) groups excluding carboxylic acids is 1. The second-order valence-corrected chi connectivity index (χ2v) is 6.22. The molecular formula is C17H23NO2. The van der Waals surface area contributed by atoms with Crippen molar-refractivity contribution in [3.63, 3.8) is 0 Å². The van der Waals surface area contributed by atoms with Gasteiger partial charge in [0.05, 0.1) is 6.10 Å². The summed E-state index contributed by atoms with van der Waals surface area (Å²) < 4.78 is 0. The molecule has 1 unspecified atom stereocenters. The highest BCUT2D eigenvalue weighted by Crippen LogP contribution is 2.26. The number of aliphatic hydroxyl groups excluding tert-OH is 1. The summed E-state index contributed by atoms with van der Waals surface area (Å²) in [5.41, 5.74) is 2.73. The summed E-state index contributed by atoms with van der Waals surface area (Å²) in [4.78, 5) is 12.4. The molecule has 1 aromatic carbocycles. The molecule has 1 fully saturated rings. The lowest BCUT2D eigenvalue weighted by Crippen LogP contribution is -2.42. The largest absolute Gasteiger partial charge is 0.393 e. The molecule has 108 valence electrons. The molecule has 1 amide bonds. The smallest absolute Gasteiger partial charge is 0.223 e. The van der Waals surface area contributed by atoms with Crippen LogP contribution < -0.4 is 5.32 Å². The molecule has 0 bridgehead atoms. The minimum Gasteiger partial charge on any atom is -0.393 e. The van der Waals surface area contributed by atoms with Crippen LogP contribution in [-0.2, 0) is 17.6 Å². The van der Waals surface area contributed by atoms with E-state index in [4.69, 9.17) is 0 Å². The van der Waals surface area contributed by atoms with Gasteiger partial charge in [-0.1, -0.05) is 24.3 Å². The minimum absolute atomic E-state index is 0.122. The van der Waals surface area contributed by atoms with Gasteiger partial charge in [-0.3, -0.25) is 4.79 Å². The van der Waals surface area contributed by atoms with E-state index in [1.165, 1.54) is 11.1 Å². The summed E-state index contributed by atoms with van der Waals surface area (Å²) in [5.74, 6) is 0.331. The van der Waals surface area contributed by atoms with Gasteiger partial charge in [-0.15, -0.1) is 0 Å². The van der Waals surface area contributed by atoms with Gasteiger partial charge in [0.1, 0.15) is 0 Å². The van der Waals surface area contributed by atoms with Crippen LogP contribution in [0.25, 0.3) is 0 Å². The SMILES string of the molecule is O=C(NC1CCC(O)CC1)C1CCc2ccccc2C1. The Balaban J connectivity index is 1.56. The topological polar surface area (TPSA) is 49.3 Å². The molecule has 2 aliphatic rings. The van der Waals surface area contributed by atoms with Crippen LogP contribution in [0, 0.1) is 5.92 Å². The fourth-order valence-corrected chi connectivity index (χ4v) is 3.46. The number of fused-ring (bicyclic) bond motifs is 1. The highest BCUT2D eigenvalue weighted by Gasteiger charge is 2.27. The zero-order valence-electron chi connectivity index (χ0n) is 11.8. The van der Waals surface area contributed by atoms with Crippen LogP contribution in [0.15, 0.2) is 24.3 Å². The number of hydrogen-bond donors (Lipinski definition) is 2. The number of aryl methyl sites for hydroxylation is 1. The van der Waals surface area contributed by atoms with Gasteiger partial charge in [-0.05, 0) is 56.1 Å². The Kier molecular flexibility index (Phi) is 4.06. The maximum absolute atomic E-state index is 12.4. The third kappa shape index (κ3) is 3.04. The number of rotatable bonds is 2. The van der Waals surface area contributed by atoms with E-state index in [9.17, 15) is 9.90 Å². The molecule has 1 atom stereocenters. The van der Waals surface area contributed by atoms with Crippen molar-refractivity contribution in [2.24, 2.45) is 5.92 Å². The Morgan fingerprint density at radius 3 is 2.50 bits per heavy atom. The van der Waals surface area contributed by atoms with E-state index >= 15 is 0 Å². The molecule has 0 radical (unpaired) electrons. The van der Waals surface area contributed by atoms with Gasteiger partial charge in [0.15, 0.2) is 0 Å². The molecule has 0 saturated heterocycles. The van der Waals surface area contributed by atoms with Crippen LogP contribution >= 0.6 is 0 Å². The van der Waals surface area contributed by atoms with Crippen molar-refractivity contribution < 1.29 is 9.90 Å². The number of amides is 1. The van der Waals surface area contributed by atoms with Crippen LogP contribution in [0.5, 0.6) is 0 Å². The number of carbonyl (C=O) groups is 1. The van der Waals surface area contributed by atoms with Gasteiger partial charge in [0.25, 0.3) is 0 Å². The Morgan fingerprint density at radius 1 is 1.05 bits per heavy atom. The first-order valence-electron chi connectivity index (χ1n) is 7.77. The van der Waals surface area contributed by atoms with Gasteiger partial charge in [-0.25, -0.2) is 0 Å². The molecule has 0 aliphatic heterocycles. The first-order valence-corrected chi connectivity index (χ1v) is 7.77. The van der Waals surface area contributed by atoms with Crippen LogP contribution in [-0.4, -0.2) is 23.2 Å². The molecule has 3 heteroatoms. The normalized spacial score (nSPS) is 29.6. The Labute approximate surface area is 120 Å². The molecule has 1 aromatic rings. The lowest BCUT2D eigenvalue weighted by atomic mass is 9.83. The molecule has 20 heavy (non-hydrogen) atoms. The van der Waals surface area contributed by atoms with Crippen molar-refractivity contribution in [1.82, 2.24) is 5.32 Å². The predicted octanol–water partition coefficient (Wildman–Crippen LogP) is 2.21. The average molecular weight is 273 g/mol.